The molecule has 0 saturated carbocycles. The van der Waals surface area contributed by atoms with Crippen LogP contribution in [0.3, 0.4) is 0 Å². The Bertz CT molecular complexity index is 353. The van der Waals surface area contributed by atoms with Crippen molar-refractivity contribution in [2.45, 2.75) is 6.42 Å². The van der Waals surface area contributed by atoms with Gasteiger partial charge >= 0.3 is 7.69 Å². The molecule has 0 aromatic heterocycles. The highest BCUT2D eigenvalue weighted by Crippen LogP contribution is 2.27. The minimum Gasteiger partial charge on any atom is -0.537 e. The minimum atomic E-state index is -0.0138. The monoisotopic (exact) mass is 176 g/mol. The molecule has 2 rings (SSSR count). The van der Waals surface area contributed by atoms with Crippen molar-refractivity contribution >= 4 is 19.3 Å². The summed E-state index contributed by atoms with van der Waals surface area (Å²) in [6.07, 6.45) is 0.415. The number of nitrogens with one attached hydrogen (secondary N) is 1. The largest absolute Gasteiger partial charge is 0.569 e. The molecule has 0 bridgehead atoms. The van der Waals surface area contributed by atoms with E-state index in [9.17, 15) is 4.79 Å². The number of hydrogen-bond acceptors (Lipinski definition) is 3. The van der Waals surface area contributed by atoms with E-state index in [4.69, 9.17) is 9.68 Å². The van der Waals surface area contributed by atoms with E-state index in [2.05, 4.69) is 5.32 Å². The average molecular weight is 176 g/mol. The fourth-order valence-electron chi connectivity index (χ4n) is 1.33. The first kappa shape index (κ1) is 8.13. The van der Waals surface area contributed by atoms with Crippen LogP contribution in [0.4, 0.5) is 5.69 Å². The van der Waals surface area contributed by atoms with Crippen molar-refractivity contribution in [1.29, 1.82) is 0 Å². The van der Waals surface area contributed by atoms with Gasteiger partial charge in [0.25, 0.3) is 0 Å². The lowest BCUT2D eigenvalue weighted by Crippen LogP contribution is -2.04. The van der Waals surface area contributed by atoms with Gasteiger partial charge in [0.1, 0.15) is 5.75 Å². The van der Waals surface area contributed by atoms with Crippen molar-refractivity contribution in [3.8, 4) is 5.75 Å². The van der Waals surface area contributed by atoms with E-state index in [0.29, 0.717) is 19.9 Å². The number of fused-ring (bicyclic) bond motifs is 1. The van der Waals surface area contributed by atoms with Gasteiger partial charge in [-0.25, -0.2) is 0 Å². The molecule has 0 unspecified atom stereocenters. The quantitative estimate of drug-likeness (QED) is 0.627. The Morgan fingerprint density at radius 1 is 1.54 bits per heavy atom. The van der Waals surface area contributed by atoms with Crippen LogP contribution in [-0.4, -0.2) is 18.6 Å². The van der Waals surface area contributed by atoms with E-state index in [1.165, 1.54) is 0 Å². The summed E-state index contributed by atoms with van der Waals surface area (Å²) in [7, 11) is 0.610. The molecule has 1 aliphatic rings. The number of carbonyl (C=O) groups excluding carboxylic acids is 1. The molecule has 0 aliphatic carbocycles. The second-order valence-electron chi connectivity index (χ2n) is 2.77. The Hall–Kier alpha value is -1.49. The molecule has 0 spiro atoms. The topological polar surface area (TPSA) is 58.6 Å². The first-order valence-corrected chi connectivity index (χ1v) is 3.85. The SMILES string of the molecule is O=C1Cc2ccc(O[B]O)cc2N1. The molecule has 0 atom stereocenters. The Morgan fingerprint density at radius 2 is 2.38 bits per heavy atom. The third kappa shape index (κ3) is 1.50. The molecule has 0 fully saturated rings. The smallest absolute Gasteiger partial charge is 0.537 e. The van der Waals surface area contributed by atoms with Gasteiger partial charge in [0.2, 0.25) is 5.91 Å². The highest BCUT2D eigenvalue weighted by molar-refractivity contribution is 6.17. The van der Waals surface area contributed by atoms with Crippen LogP contribution in [0.1, 0.15) is 5.56 Å². The van der Waals surface area contributed by atoms with Crippen LogP contribution in [0.2, 0.25) is 0 Å². The van der Waals surface area contributed by atoms with Crippen molar-refractivity contribution in [3.63, 3.8) is 0 Å². The first-order valence-electron chi connectivity index (χ1n) is 3.85. The lowest BCUT2D eigenvalue weighted by Gasteiger charge is -2.03. The van der Waals surface area contributed by atoms with Gasteiger partial charge in [-0.1, -0.05) is 6.07 Å². The van der Waals surface area contributed by atoms with Crippen molar-refractivity contribution in [2.75, 3.05) is 5.32 Å². The maximum Gasteiger partial charge on any atom is 0.569 e. The summed E-state index contributed by atoms with van der Waals surface area (Å²) >= 11 is 0. The fraction of sp³-hybridized carbons (Fsp3) is 0.125. The molecule has 65 valence electrons. The van der Waals surface area contributed by atoms with Gasteiger partial charge in [0.15, 0.2) is 0 Å². The Kier molecular flexibility index (Phi) is 1.94. The maximum absolute atomic E-state index is 11.0. The van der Waals surface area contributed by atoms with Crippen molar-refractivity contribution in [3.05, 3.63) is 23.8 Å². The highest BCUT2D eigenvalue weighted by atomic mass is 16.5. The number of rotatable bonds is 2. The molecule has 1 radical (unpaired) electrons. The molecule has 1 aromatic carbocycles. The maximum atomic E-state index is 11.0. The second-order valence-corrected chi connectivity index (χ2v) is 2.77. The predicted octanol–water partition coefficient (Wildman–Crippen LogP) is 0.0865. The number of hydrogen-bond donors (Lipinski definition) is 2. The molecule has 0 saturated heterocycles. The first-order chi connectivity index (χ1) is 6.29. The molecule has 1 heterocycles. The van der Waals surface area contributed by atoms with Crippen LogP contribution in [0.25, 0.3) is 0 Å². The molecular formula is C8H7BNO3. The summed E-state index contributed by atoms with van der Waals surface area (Å²) < 4.78 is 4.75. The Labute approximate surface area is 75.8 Å². The summed E-state index contributed by atoms with van der Waals surface area (Å²) in [5, 5.41) is 11.1. The molecule has 1 aliphatic heterocycles. The van der Waals surface area contributed by atoms with Gasteiger partial charge in [-0.3, -0.25) is 4.79 Å². The normalized spacial score (nSPS) is 13.5. The van der Waals surface area contributed by atoms with Crippen LogP contribution in [0.15, 0.2) is 18.2 Å². The molecule has 1 amide bonds. The van der Waals surface area contributed by atoms with E-state index < -0.39 is 0 Å². The van der Waals surface area contributed by atoms with E-state index in [0.717, 1.165) is 11.3 Å². The van der Waals surface area contributed by atoms with Gasteiger partial charge in [0, 0.05) is 11.8 Å². The molecule has 13 heavy (non-hydrogen) atoms. The molecule has 4 nitrogen and oxygen atoms in total. The lowest BCUT2D eigenvalue weighted by atomic mass is 10.1. The van der Waals surface area contributed by atoms with Crippen LogP contribution in [-0.2, 0) is 11.2 Å². The van der Waals surface area contributed by atoms with Crippen molar-refractivity contribution < 1.29 is 14.5 Å². The highest BCUT2D eigenvalue weighted by Gasteiger charge is 2.17. The van der Waals surface area contributed by atoms with Gasteiger partial charge in [-0.05, 0) is 11.6 Å². The van der Waals surface area contributed by atoms with E-state index in [1.54, 1.807) is 18.2 Å². The predicted molar refractivity (Wildman–Crippen MR) is 47.4 cm³/mol. The number of carbonyl (C=O) groups is 1. The average Bonchev–Trinajstić information content (AvgIpc) is 2.44. The molecule has 5 heteroatoms. The van der Waals surface area contributed by atoms with Gasteiger partial charge in [-0.15, -0.1) is 0 Å². The lowest BCUT2D eigenvalue weighted by molar-refractivity contribution is -0.115. The molecule has 1 aromatic rings. The van der Waals surface area contributed by atoms with E-state index >= 15 is 0 Å². The number of benzene rings is 1. The van der Waals surface area contributed by atoms with Crippen LogP contribution >= 0.6 is 0 Å². The Balaban J connectivity index is 2.29. The second kappa shape index (κ2) is 3.10. The fourth-order valence-corrected chi connectivity index (χ4v) is 1.33. The van der Waals surface area contributed by atoms with E-state index in [1.807, 2.05) is 0 Å². The molecule has 2 N–H and O–H groups in total. The third-order valence-electron chi connectivity index (χ3n) is 1.90. The number of anilines is 1. The van der Waals surface area contributed by atoms with Gasteiger partial charge in [-0.2, -0.15) is 0 Å². The summed E-state index contributed by atoms with van der Waals surface area (Å²) in [5.41, 5.74) is 1.71. The Morgan fingerprint density at radius 3 is 3.15 bits per heavy atom. The van der Waals surface area contributed by atoms with Crippen molar-refractivity contribution in [1.82, 2.24) is 0 Å². The zero-order valence-electron chi connectivity index (χ0n) is 6.78. The zero-order chi connectivity index (χ0) is 9.26. The summed E-state index contributed by atoms with van der Waals surface area (Å²) in [6, 6.07) is 5.17. The number of amides is 1. The minimum absolute atomic E-state index is 0.0138. The summed E-state index contributed by atoms with van der Waals surface area (Å²) in [4.78, 5) is 11.0. The zero-order valence-corrected chi connectivity index (χ0v) is 6.78. The van der Waals surface area contributed by atoms with Crippen molar-refractivity contribution in [2.24, 2.45) is 0 Å². The summed E-state index contributed by atoms with van der Waals surface area (Å²) in [6.45, 7) is 0. The van der Waals surface area contributed by atoms with Crippen LogP contribution in [0, 0.1) is 0 Å². The van der Waals surface area contributed by atoms with Crippen LogP contribution < -0.4 is 9.97 Å². The standard InChI is InChI=1S/C8H7BNO3/c11-8-3-5-1-2-6(13-9-12)4-7(5)10-8/h1-2,4,12H,3H2,(H,10,11). The molecular weight excluding hydrogens is 169 g/mol. The third-order valence-corrected chi connectivity index (χ3v) is 1.90. The van der Waals surface area contributed by atoms with Gasteiger partial charge in [0.05, 0.1) is 6.42 Å². The van der Waals surface area contributed by atoms with Crippen LogP contribution in [0.5, 0.6) is 5.75 Å². The summed E-state index contributed by atoms with van der Waals surface area (Å²) in [5.74, 6) is 0.489. The van der Waals surface area contributed by atoms with Gasteiger partial charge < -0.3 is 15.0 Å². The van der Waals surface area contributed by atoms with E-state index in [-0.39, 0.29) is 5.91 Å².